The van der Waals surface area contributed by atoms with Gasteiger partial charge in [-0.25, -0.2) is 5.43 Å². The van der Waals surface area contributed by atoms with E-state index >= 15 is 0 Å². The first-order valence-corrected chi connectivity index (χ1v) is 7.84. The number of ether oxygens (including phenoxy) is 2. The summed E-state index contributed by atoms with van der Waals surface area (Å²) in [4.78, 5) is 15.1. The Bertz CT molecular complexity index is 915. The van der Waals surface area contributed by atoms with Crippen molar-refractivity contribution < 1.29 is 14.3 Å². The fraction of sp³-hybridized carbons (Fsp3) is 0.158. The first-order chi connectivity index (χ1) is 12.2. The number of H-pyrrole nitrogens is 1. The van der Waals surface area contributed by atoms with E-state index in [1.807, 2.05) is 43.5 Å². The summed E-state index contributed by atoms with van der Waals surface area (Å²) in [6.45, 7) is 1.72. The maximum absolute atomic E-state index is 11.9. The fourth-order valence-electron chi connectivity index (χ4n) is 2.45. The Morgan fingerprint density at radius 1 is 1.16 bits per heavy atom. The zero-order valence-corrected chi connectivity index (χ0v) is 14.1. The van der Waals surface area contributed by atoms with Crippen molar-refractivity contribution in [3.05, 3.63) is 60.3 Å². The van der Waals surface area contributed by atoms with E-state index in [0.29, 0.717) is 17.2 Å². The summed E-state index contributed by atoms with van der Waals surface area (Å²) in [5, 5.41) is 5.22. The molecule has 0 bridgehead atoms. The van der Waals surface area contributed by atoms with Crippen LogP contribution < -0.4 is 14.9 Å². The molecule has 1 aromatic heterocycles. The third kappa shape index (κ3) is 3.98. The summed E-state index contributed by atoms with van der Waals surface area (Å²) in [5.41, 5.74) is 5.20. The lowest BCUT2D eigenvalue weighted by Gasteiger charge is -2.07. The summed E-state index contributed by atoms with van der Waals surface area (Å²) >= 11 is 0. The lowest BCUT2D eigenvalue weighted by molar-refractivity contribution is -0.123. The second-order valence-electron chi connectivity index (χ2n) is 5.45. The average Bonchev–Trinajstić information content (AvgIpc) is 3.09. The van der Waals surface area contributed by atoms with Crippen molar-refractivity contribution in [2.24, 2.45) is 5.10 Å². The number of carbonyl (C=O) groups excluding carboxylic acids is 1. The summed E-state index contributed by atoms with van der Waals surface area (Å²) in [6.07, 6.45) is 1.88. The van der Waals surface area contributed by atoms with Crippen LogP contribution in [0.2, 0.25) is 0 Å². The Morgan fingerprint density at radius 3 is 2.80 bits per heavy atom. The van der Waals surface area contributed by atoms with Crippen molar-refractivity contribution in [1.82, 2.24) is 10.4 Å². The molecule has 2 N–H and O–H groups in total. The van der Waals surface area contributed by atoms with E-state index in [-0.39, 0.29) is 12.5 Å². The minimum atomic E-state index is -0.331. The number of benzene rings is 2. The molecule has 0 atom stereocenters. The first kappa shape index (κ1) is 16.6. The lowest BCUT2D eigenvalue weighted by atomic mass is 10.1. The molecule has 25 heavy (non-hydrogen) atoms. The number of aromatic amines is 1. The van der Waals surface area contributed by atoms with Crippen LogP contribution in [0, 0.1) is 0 Å². The number of aromatic nitrogens is 1. The minimum absolute atomic E-state index is 0.127. The fourth-order valence-corrected chi connectivity index (χ4v) is 2.45. The van der Waals surface area contributed by atoms with Gasteiger partial charge in [0.2, 0.25) is 0 Å². The second-order valence-corrected chi connectivity index (χ2v) is 5.45. The molecule has 0 radical (unpaired) electrons. The maximum atomic E-state index is 11.9. The number of nitrogens with one attached hydrogen (secondary N) is 2. The molecule has 0 aliphatic heterocycles. The highest BCUT2D eigenvalue weighted by Gasteiger charge is 2.07. The van der Waals surface area contributed by atoms with E-state index < -0.39 is 0 Å². The number of fused-ring (bicyclic) bond motifs is 1. The molecule has 0 aliphatic rings. The summed E-state index contributed by atoms with van der Waals surface area (Å²) in [7, 11) is 1.58. The average molecular weight is 337 g/mol. The van der Waals surface area contributed by atoms with Gasteiger partial charge in [-0.3, -0.25) is 4.79 Å². The molecule has 6 heteroatoms. The number of hydrazone groups is 1. The minimum Gasteiger partial charge on any atom is -0.497 e. The lowest BCUT2D eigenvalue weighted by Crippen LogP contribution is -2.25. The number of para-hydroxylation sites is 1. The molecule has 1 heterocycles. The van der Waals surface area contributed by atoms with Gasteiger partial charge >= 0.3 is 0 Å². The van der Waals surface area contributed by atoms with E-state index in [1.165, 1.54) is 0 Å². The Labute approximate surface area is 145 Å². The Morgan fingerprint density at radius 2 is 1.96 bits per heavy atom. The maximum Gasteiger partial charge on any atom is 0.277 e. The van der Waals surface area contributed by atoms with Crippen LogP contribution in [-0.4, -0.2) is 30.3 Å². The smallest absolute Gasteiger partial charge is 0.277 e. The molecular weight excluding hydrogens is 318 g/mol. The largest absolute Gasteiger partial charge is 0.497 e. The predicted molar refractivity (Wildman–Crippen MR) is 97.1 cm³/mol. The van der Waals surface area contributed by atoms with Crippen LogP contribution in [0.1, 0.15) is 12.5 Å². The predicted octanol–water partition coefficient (Wildman–Crippen LogP) is 3.10. The van der Waals surface area contributed by atoms with Gasteiger partial charge in [0.05, 0.1) is 12.8 Å². The highest BCUT2D eigenvalue weighted by Crippen LogP contribution is 2.19. The van der Waals surface area contributed by atoms with Gasteiger partial charge < -0.3 is 14.5 Å². The van der Waals surface area contributed by atoms with Crippen LogP contribution in [0.5, 0.6) is 11.5 Å². The number of hydrogen-bond donors (Lipinski definition) is 2. The zero-order valence-electron chi connectivity index (χ0n) is 14.1. The van der Waals surface area contributed by atoms with Crippen LogP contribution in [0.3, 0.4) is 0 Å². The van der Waals surface area contributed by atoms with Crippen molar-refractivity contribution in [2.45, 2.75) is 6.92 Å². The summed E-state index contributed by atoms with van der Waals surface area (Å²) in [6, 6.07) is 15.0. The zero-order chi connectivity index (χ0) is 17.6. The number of rotatable bonds is 6. The molecule has 0 saturated carbocycles. The third-order valence-corrected chi connectivity index (χ3v) is 3.74. The molecule has 1 amide bonds. The second kappa shape index (κ2) is 7.53. The van der Waals surface area contributed by atoms with Crippen molar-refractivity contribution >= 4 is 22.5 Å². The van der Waals surface area contributed by atoms with Crippen molar-refractivity contribution in [1.29, 1.82) is 0 Å². The molecule has 0 fully saturated rings. The SMILES string of the molecule is COc1cccc(OCC(=O)N/N=C(/C)c2c[nH]c3ccccc23)c1. The summed E-state index contributed by atoms with van der Waals surface area (Å²) < 4.78 is 10.5. The molecule has 128 valence electrons. The first-order valence-electron chi connectivity index (χ1n) is 7.84. The molecule has 2 aromatic carbocycles. The van der Waals surface area contributed by atoms with Crippen LogP contribution in [-0.2, 0) is 4.79 Å². The Hall–Kier alpha value is -3.28. The molecule has 0 aliphatic carbocycles. The normalized spacial score (nSPS) is 11.4. The van der Waals surface area contributed by atoms with Crippen molar-refractivity contribution in [3.63, 3.8) is 0 Å². The summed E-state index contributed by atoms with van der Waals surface area (Å²) in [5.74, 6) is 0.903. The molecule has 0 saturated heterocycles. The number of amides is 1. The molecule has 6 nitrogen and oxygen atoms in total. The quantitative estimate of drug-likeness (QED) is 0.536. The number of hydrogen-bond acceptors (Lipinski definition) is 4. The molecular formula is C19H19N3O3. The monoisotopic (exact) mass is 337 g/mol. The third-order valence-electron chi connectivity index (χ3n) is 3.74. The van der Waals surface area contributed by atoms with Crippen molar-refractivity contribution in [2.75, 3.05) is 13.7 Å². The van der Waals surface area contributed by atoms with E-state index in [2.05, 4.69) is 15.5 Å². The molecule has 3 rings (SSSR count). The van der Waals surface area contributed by atoms with E-state index in [4.69, 9.17) is 9.47 Å². The van der Waals surface area contributed by atoms with Gasteiger partial charge in [-0.15, -0.1) is 0 Å². The van der Waals surface area contributed by atoms with Gasteiger partial charge in [-0.2, -0.15) is 5.10 Å². The van der Waals surface area contributed by atoms with Gasteiger partial charge in [0, 0.05) is 28.7 Å². The highest BCUT2D eigenvalue weighted by molar-refractivity contribution is 6.09. The Balaban J connectivity index is 1.60. The molecule has 3 aromatic rings. The number of methoxy groups -OCH3 is 1. The topological polar surface area (TPSA) is 75.7 Å². The number of carbonyl (C=O) groups is 1. The Kier molecular flexibility index (Phi) is 4.99. The molecule has 0 unspecified atom stereocenters. The van der Waals surface area contributed by atoms with E-state index in [0.717, 1.165) is 16.5 Å². The number of nitrogens with zero attached hydrogens (tertiary/aromatic N) is 1. The highest BCUT2D eigenvalue weighted by atomic mass is 16.5. The van der Waals surface area contributed by atoms with Gasteiger partial charge in [0.1, 0.15) is 11.5 Å². The van der Waals surface area contributed by atoms with E-state index in [9.17, 15) is 4.79 Å². The van der Waals surface area contributed by atoms with Gasteiger partial charge in [-0.1, -0.05) is 24.3 Å². The van der Waals surface area contributed by atoms with E-state index in [1.54, 1.807) is 25.3 Å². The van der Waals surface area contributed by atoms with Crippen LogP contribution in [0.25, 0.3) is 10.9 Å². The van der Waals surface area contributed by atoms with Crippen LogP contribution in [0.15, 0.2) is 59.8 Å². The molecule has 0 spiro atoms. The van der Waals surface area contributed by atoms with Gasteiger partial charge in [0.25, 0.3) is 5.91 Å². The van der Waals surface area contributed by atoms with Gasteiger partial charge in [0.15, 0.2) is 6.61 Å². The van der Waals surface area contributed by atoms with Crippen LogP contribution >= 0.6 is 0 Å². The van der Waals surface area contributed by atoms with Gasteiger partial charge in [-0.05, 0) is 25.1 Å². The standard InChI is InChI=1S/C19H19N3O3/c1-13(17-11-20-18-9-4-3-8-16(17)18)21-22-19(23)12-25-15-7-5-6-14(10-15)24-2/h3-11,20H,12H2,1-2H3,(H,22,23)/b21-13-. The van der Waals surface area contributed by atoms with Crippen LogP contribution in [0.4, 0.5) is 0 Å². The van der Waals surface area contributed by atoms with Crippen molar-refractivity contribution in [3.8, 4) is 11.5 Å².